The molecule has 1 aromatic rings. The van der Waals surface area contributed by atoms with E-state index in [9.17, 15) is 18.0 Å². The van der Waals surface area contributed by atoms with E-state index >= 15 is 0 Å². The maximum absolute atomic E-state index is 13.4. The van der Waals surface area contributed by atoms with Gasteiger partial charge in [0.25, 0.3) is 5.91 Å². The fourth-order valence-electron chi connectivity index (χ4n) is 7.34. The summed E-state index contributed by atoms with van der Waals surface area (Å²) >= 11 is 6.38. The summed E-state index contributed by atoms with van der Waals surface area (Å²) in [6.07, 6.45) is 14.4. The minimum absolute atomic E-state index is 0.0530. The molecule has 0 aromatic heterocycles. The van der Waals surface area contributed by atoms with Crippen molar-refractivity contribution in [1.82, 2.24) is 4.72 Å². The second-order valence-corrected chi connectivity index (χ2v) is 15.9. The Morgan fingerprint density at radius 2 is 2.00 bits per heavy atom. The van der Waals surface area contributed by atoms with Gasteiger partial charge in [-0.25, -0.2) is 13.1 Å². The molecular weight excluding hydrogens is 612 g/mol. The molecule has 1 unspecified atom stereocenters. The quantitative estimate of drug-likeness (QED) is 0.367. The summed E-state index contributed by atoms with van der Waals surface area (Å²) in [6, 6.07) is 5.21. The lowest BCUT2D eigenvalue weighted by molar-refractivity contribution is -0.129. The molecule has 1 fully saturated rings. The monoisotopic (exact) mass is 658 g/mol. The molecule has 0 radical (unpaired) electrons. The number of carbonyl (C=O) groups excluding carboxylic acids is 2. The van der Waals surface area contributed by atoms with Gasteiger partial charge in [0.1, 0.15) is 11.5 Å². The van der Waals surface area contributed by atoms with E-state index in [1.165, 1.54) is 5.57 Å². The smallest absolute Gasteiger partial charge is 0.264 e. The Morgan fingerprint density at radius 1 is 1.20 bits per heavy atom. The normalized spacial score (nSPS) is 33.0. The van der Waals surface area contributed by atoms with Crippen molar-refractivity contribution in [3.05, 3.63) is 58.7 Å². The number of hydrogen-bond donors (Lipinski definition) is 1. The maximum atomic E-state index is 13.4. The highest BCUT2D eigenvalue weighted by atomic mass is 35.5. The van der Waals surface area contributed by atoms with Gasteiger partial charge in [-0.05, 0) is 101 Å². The molecule has 1 saturated carbocycles. The van der Waals surface area contributed by atoms with Gasteiger partial charge in [0.2, 0.25) is 10.0 Å². The summed E-state index contributed by atoms with van der Waals surface area (Å²) in [5, 5.41) is -0.0469. The Kier molecular flexibility index (Phi) is 10.5. The number of sulfonamides is 1. The van der Waals surface area contributed by atoms with Gasteiger partial charge in [0, 0.05) is 43.1 Å². The van der Waals surface area contributed by atoms with Crippen LogP contribution in [0.5, 0.6) is 5.75 Å². The number of nitrogens with zero attached hydrogens (tertiary/aromatic N) is 1. The van der Waals surface area contributed by atoms with Crippen LogP contribution >= 0.6 is 11.6 Å². The van der Waals surface area contributed by atoms with E-state index in [1.807, 2.05) is 25.2 Å². The summed E-state index contributed by atoms with van der Waals surface area (Å²) in [5.74, 6) is 0.375. The molecule has 2 heterocycles. The van der Waals surface area contributed by atoms with E-state index in [0.717, 1.165) is 55.8 Å². The minimum Gasteiger partial charge on any atom is -0.491 e. The SMILES string of the molecule is CO[C@@]1(CC(C)=O)/C=C/C[C@H](C)[C@@H](C)S(=O)(=O)NC(=O)c2ccc3c(c2)N(CCCCC2=CC(Cl)=CCC2CO3)C[C@@H]2CC[C@H]21. The first kappa shape index (κ1) is 33.7. The van der Waals surface area contributed by atoms with Crippen LogP contribution in [0.25, 0.3) is 0 Å². The highest BCUT2D eigenvalue weighted by molar-refractivity contribution is 7.90. The number of ether oxygens (including phenoxy) is 2. The molecule has 1 amide bonds. The van der Waals surface area contributed by atoms with Gasteiger partial charge in [0.05, 0.1) is 23.1 Å². The fraction of sp³-hybridized carbons (Fsp3) is 0.600. The number of hydrogen-bond acceptors (Lipinski definition) is 7. The molecule has 2 aliphatic heterocycles. The molecule has 0 saturated heterocycles. The van der Waals surface area contributed by atoms with Crippen LogP contribution in [0, 0.1) is 23.7 Å². The number of amides is 1. The third-order valence-electron chi connectivity index (χ3n) is 10.4. The largest absolute Gasteiger partial charge is 0.491 e. The molecule has 1 aromatic carbocycles. The first-order valence-corrected chi connectivity index (χ1v) is 18.2. The number of allylic oxidation sites excluding steroid dienone is 4. The van der Waals surface area contributed by atoms with Crippen molar-refractivity contribution in [1.29, 1.82) is 0 Å². The molecule has 1 N–H and O–H groups in total. The van der Waals surface area contributed by atoms with Gasteiger partial charge in [-0.15, -0.1) is 0 Å². The first-order chi connectivity index (χ1) is 21.4. The third-order valence-corrected chi connectivity index (χ3v) is 12.6. The highest BCUT2D eigenvalue weighted by Gasteiger charge is 2.48. The topological polar surface area (TPSA) is 102 Å². The summed E-state index contributed by atoms with van der Waals surface area (Å²) in [4.78, 5) is 28.3. The molecule has 8 nitrogen and oxygen atoms in total. The Morgan fingerprint density at radius 3 is 2.71 bits per heavy atom. The number of benzene rings is 1. The van der Waals surface area contributed by atoms with E-state index < -0.39 is 26.8 Å². The van der Waals surface area contributed by atoms with Crippen molar-refractivity contribution in [3.8, 4) is 5.75 Å². The standard InChI is InChI=1S/C35H47ClN2O6S/c1-23-8-7-16-35(43-4,20-24(2)39)31-14-11-28(31)21-38-17-6-5-9-26-18-30(36)13-10-29(26)22-44-33-15-12-27(19-32(33)38)34(40)37-45(41,42)25(23)3/h7,12-13,15-16,18-19,23,25,28-29,31H,5-6,8-11,14,17,20-22H2,1-4H3,(H,37,40)/b16-7+/t23-,25+,28-,29?,31+,35+/m0/s1. The zero-order valence-corrected chi connectivity index (χ0v) is 28.5. The predicted octanol–water partition coefficient (Wildman–Crippen LogP) is 6.56. The van der Waals surface area contributed by atoms with Crippen LogP contribution in [0.1, 0.15) is 82.5 Å². The number of nitrogens with one attached hydrogen (secondary N) is 1. The highest BCUT2D eigenvalue weighted by Crippen LogP contribution is 2.48. The Labute approximate surface area is 273 Å². The fourth-order valence-corrected chi connectivity index (χ4v) is 8.85. The molecular formula is C35H47ClN2O6S. The predicted molar refractivity (Wildman–Crippen MR) is 178 cm³/mol. The molecule has 45 heavy (non-hydrogen) atoms. The number of ketones is 1. The number of carbonyl (C=O) groups is 2. The van der Waals surface area contributed by atoms with Crippen molar-refractivity contribution < 1.29 is 27.5 Å². The third kappa shape index (κ3) is 7.52. The molecule has 246 valence electrons. The Hall–Kier alpha value is -2.62. The Balaban J connectivity index is 1.57. The van der Waals surface area contributed by atoms with Crippen LogP contribution in [0.3, 0.4) is 0 Å². The Bertz CT molecular complexity index is 1490. The van der Waals surface area contributed by atoms with E-state index in [0.29, 0.717) is 25.3 Å². The van der Waals surface area contributed by atoms with E-state index in [1.54, 1.807) is 39.2 Å². The number of anilines is 1. The van der Waals surface area contributed by atoms with Crippen molar-refractivity contribution in [2.75, 3.05) is 31.7 Å². The van der Waals surface area contributed by atoms with Crippen LogP contribution < -0.4 is 14.4 Å². The van der Waals surface area contributed by atoms with E-state index in [2.05, 4.69) is 15.7 Å². The van der Waals surface area contributed by atoms with Crippen molar-refractivity contribution >= 4 is 39.0 Å². The number of methoxy groups -OCH3 is 1. The van der Waals surface area contributed by atoms with Crippen LogP contribution in [-0.4, -0.2) is 57.8 Å². The average Bonchev–Trinajstić information content (AvgIpc) is 3.00. The number of halogens is 1. The summed E-state index contributed by atoms with van der Waals surface area (Å²) in [7, 11) is -2.29. The maximum Gasteiger partial charge on any atom is 0.264 e. The van der Waals surface area contributed by atoms with Gasteiger partial charge in [-0.3, -0.25) is 9.59 Å². The molecule has 2 bridgehead atoms. The van der Waals surface area contributed by atoms with Crippen molar-refractivity contribution in [2.45, 2.75) is 83.0 Å². The van der Waals surface area contributed by atoms with Gasteiger partial charge in [-0.2, -0.15) is 0 Å². The van der Waals surface area contributed by atoms with Gasteiger partial charge in [0.15, 0.2) is 0 Å². The average molecular weight is 659 g/mol. The summed E-state index contributed by atoms with van der Waals surface area (Å²) in [6.45, 7) is 7.00. The lowest BCUT2D eigenvalue weighted by Crippen LogP contribution is -2.52. The molecule has 6 atom stereocenters. The zero-order valence-electron chi connectivity index (χ0n) is 26.9. The summed E-state index contributed by atoms with van der Waals surface area (Å²) < 4.78 is 41.7. The van der Waals surface area contributed by atoms with Gasteiger partial charge in [-0.1, -0.05) is 42.3 Å². The second-order valence-electron chi connectivity index (χ2n) is 13.4. The number of fused-ring (bicyclic) bond motifs is 3. The lowest BCUT2D eigenvalue weighted by Gasteiger charge is -2.49. The van der Waals surface area contributed by atoms with Crippen LogP contribution in [0.4, 0.5) is 5.69 Å². The van der Waals surface area contributed by atoms with Crippen molar-refractivity contribution in [2.24, 2.45) is 23.7 Å². The molecule has 4 aliphatic rings. The van der Waals surface area contributed by atoms with Gasteiger partial charge < -0.3 is 14.4 Å². The molecule has 5 rings (SSSR count). The van der Waals surface area contributed by atoms with Crippen LogP contribution in [0.2, 0.25) is 0 Å². The summed E-state index contributed by atoms with van der Waals surface area (Å²) in [5.41, 5.74) is 1.58. The lowest BCUT2D eigenvalue weighted by atomic mass is 9.62. The van der Waals surface area contributed by atoms with E-state index in [4.69, 9.17) is 21.1 Å². The van der Waals surface area contributed by atoms with E-state index in [-0.39, 0.29) is 41.4 Å². The minimum atomic E-state index is -3.96. The molecule has 0 spiro atoms. The van der Waals surface area contributed by atoms with Crippen LogP contribution in [-0.2, 0) is 19.6 Å². The zero-order chi connectivity index (χ0) is 32.4. The van der Waals surface area contributed by atoms with Gasteiger partial charge >= 0.3 is 0 Å². The number of Topliss-reactive ketones (excluding diaryl/α,β-unsaturated/α-hetero) is 1. The number of rotatable bonds is 3. The molecule has 2 aliphatic carbocycles. The molecule has 10 heteroatoms. The first-order valence-electron chi connectivity index (χ1n) is 16.3. The van der Waals surface area contributed by atoms with Crippen LogP contribution in [0.15, 0.2) is 53.1 Å². The van der Waals surface area contributed by atoms with Crippen molar-refractivity contribution in [3.63, 3.8) is 0 Å². The second kappa shape index (κ2) is 14.0.